The van der Waals surface area contributed by atoms with Crippen LogP contribution in [0, 0.1) is 0 Å². The number of nitrogens with zero attached hydrogens (tertiary/aromatic N) is 1. The van der Waals surface area contributed by atoms with Crippen molar-refractivity contribution in [3.05, 3.63) is 0 Å². The quantitative estimate of drug-likeness (QED) is 0.168. The molecule has 4 heteroatoms. The zero-order valence-corrected chi connectivity index (χ0v) is 18.2. The van der Waals surface area contributed by atoms with Gasteiger partial charge in [-0.2, -0.15) is 0 Å². The standard InChI is InChI=1S/C19H40NO2.HI/c1-5-6-7-8-9-10-11-12-13-14-17-20(2,3)18-15-16-19(21)22-4;/h5-18H2,1-4H3;1H/q+1;/p-1. The van der Waals surface area contributed by atoms with Gasteiger partial charge in [0.1, 0.15) is 0 Å². The maximum atomic E-state index is 11.1. The fraction of sp³-hybridized carbons (Fsp3) is 0.947. The highest BCUT2D eigenvalue weighted by Gasteiger charge is 2.14. The van der Waals surface area contributed by atoms with Crippen LogP contribution in [-0.4, -0.2) is 44.7 Å². The molecule has 0 heterocycles. The number of methoxy groups -OCH3 is 1. The molecule has 0 saturated carbocycles. The first kappa shape index (κ1) is 25.4. The van der Waals surface area contributed by atoms with Crippen molar-refractivity contribution >= 4 is 5.97 Å². The topological polar surface area (TPSA) is 26.3 Å². The molecular formula is C19H40INO2. The largest absolute Gasteiger partial charge is 1.00 e. The summed E-state index contributed by atoms with van der Waals surface area (Å²) in [4.78, 5) is 11.1. The fourth-order valence-corrected chi connectivity index (χ4v) is 2.89. The number of carbonyl (C=O) groups excluding carboxylic acids is 1. The Morgan fingerprint density at radius 1 is 0.783 bits per heavy atom. The van der Waals surface area contributed by atoms with Crippen LogP contribution in [0.2, 0.25) is 0 Å². The van der Waals surface area contributed by atoms with Crippen molar-refractivity contribution in [3.8, 4) is 0 Å². The Balaban J connectivity index is 0. The summed E-state index contributed by atoms with van der Waals surface area (Å²) in [5.41, 5.74) is 0. The molecular weight excluding hydrogens is 401 g/mol. The van der Waals surface area contributed by atoms with Crippen molar-refractivity contribution in [2.75, 3.05) is 34.3 Å². The van der Waals surface area contributed by atoms with Gasteiger partial charge < -0.3 is 33.2 Å². The van der Waals surface area contributed by atoms with Crippen LogP contribution >= 0.6 is 0 Å². The number of hydrogen-bond acceptors (Lipinski definition) is 2. The molecule has 0 aliphatic rings. The van der Waals surface area contributed by atoms with Gasteiger partial charge in [0.25, 0.3) is 0 Å². The lowest BCUT2D eigenvalue weighted by atomic mass is 10.1. The van der Waals surface area contributed by atoms with Gasteiger partial charge >= 0.3 is 5.97 Å². The molecule has 0 amide bonds. The molecule has 0 aromatic rings. The van der Waals surface area contributed by atoms with Crippen molar-refractivity contribution in [1.29, 1.82) is 0 Å². The van der Waals surface area contributed by atoms with E-state index in [1.807, 2.05) is 0 Å². The number of unbranched alkanes of at least 4 members (excludes halogenated alkanes) is 9. The summed E-state index contributed by atoms with van der Waals surface area (Å²) in [6, 6.07) is 0. The number of quaternary nitrogens is 1. The van der Waals surface area contributed by atoms with Crippen molar-refractivity contribution in [1.82, 2.24) is 0 Å². The first-order valence-electron chi connectivity index (χ1n) is 9.40. The highest BCUT2D eigenvalue weighted by Crippen LogP contribution is 2.12. The lowest BCUT2D eigenvalue weighted by Crippen LogP contribution is -3.00. The second-order valence-electron chi connectivity index (χ2n) is 7.24. The number of ether oxygens (including phenoxy) is 1. The van der Waals surface area contributed by atoms with Crippen LogP contribution in [0.1, 0.15) is 84.0 Å². The summed E-state index contributed by atoms with van der Waals surface area (Å²) < 4.78 is 5.71. The molecule has 0 unspecified atom stereocenters. The molecule has 0 aromatic heterocycles. The summed E-state index contributed by atoms with van der Waals surface area (Å²) in [6.07, 6.45) is 15.4. The van der Waals surface area contributed by atoms with Crippen LogP contribution in [0.5, 0.6) is 0 Å². The molecule has 0 bridgehead atoms. The molecule has 0 saturated heterocycles. The van der Waals surface area contributed by atoms with E-state index in [0.29, 0.717) is 6.42 Å². The number of halogens is 1. The van der Waals surface area contributed by atoms with Crippen LogP contribution in [-0.2, 0) is 9.53 Å². The van der Waals surface area contributed by atoms with Gasteiger partial charge in [0.15, 0.2) is 0 Å². The van der Waals surface area contributed by atoms with Crippen LogP contribution in [0.4, 0.5) is 0 Å². The van der Waals surface area contributed by atoms with Gasteiger partial charge in [0, 0.05) is 6.42 Å². The Hall–Kier alpha value is 0.160. The van der Waals surface area contributed by atoms with Gasteiger partial charge in [-0.25, -0.2) is 0 Å². The van der Waals surface area contributed by atoms with Crippen LogP contribution in [0.15, 0.2) is 0 Å². The fourth-order valence-electron chi connectivity index (χ4n) is 2.89. The predicted octanol–water partition coefficient (Wildman–Crippen LogP) is 1.94. The van der Waals surface area contributed by atoms with Gasteiger partial charge in [-0.05, 0) is 12.8 Å². The van der Waals surface area contributed by atoms with Crippen LogP contribution < -0.4 is 24.0 Å². The Bertz CT molecular complexity index is 270. The molecule has 0 radical (unpaired) electrons. The summed E-state index contributed by atoms with van der Waals surface area (Å²) in [6.45, 7) is 4.56. The zero-order valence-electron chi connectivity index (χ0n) is 16.0. The molecule has 3 nitrogen and oxygen atoms in total. The second-order valence-corrected chi connectivity index (χ2v) is 7.24. The number of hydrogen-bond donors (Lipinski definition) is 0. The van der Waals surface area contributed by atoms with Crippen molar-refractivity contribution < 1.29 is 38.0 Å². The van der Waals surface area contributed by atoms with E-state index < -0.39 is 0 Å². The highest BCUT2D eigenvalue weighted by atomic mass is 127. The van der Waals surface area contributed by atoms with Crippen molar-refractivity contribution in [3.63, 3.8) is 0 Å². The molecule has 0 rings (SSSR count). The number of esters is 1. The molecule has 0 aliphatic heterocycles. The first-order chi connectivity index (χ1) is 10.5. The van der Waals surface area contributed by atoms with Gasteiger partial charge in [0.2, 0.25) is 0 Å². The van der Waals surface area contributed by atoms with Gasteiger partial charge in [-0.3, -0.25) is 4.79 Å². The normalized spacial score (nSPS) is 11.1. The summed E-state index contributed by atoms with van der Waals surface area (Å²) in [5, 5.41) is 0. The van der Waals surface area contributed by atoms with E-state index in [-0.39, 0.29) is 29.9 Å². The average Bonchev–Trinajstić information content (AvgIpc) is 2.48. The Morgan fingerprint density at radius 3 is 1.70 bits per heavy atom. The lowest BCUT2D eigenvalue weighted by molar-refractivity contribution is -0.890. The monoisotopic (exact) mass is 441 g/mol. The van der Waals surface area contributed by atoms with Crippen molar-refractivity contribution in [2.45, 2.75) is 84.0 Å². The molecule has 0 aliphatic carbocycles. The third-order valence-electron chi connectivity index (χ3n) is 4.49. The Kier molecular flexibility index (Phi) is 18.8. The summed E-state index contributed by atoms with van der Waals surface area (Å²) in [7, 11) is 6.00. The SMILES string of the molecule is CCCCCCCCCCCC[N+](C)(C)CCCC(=O)OC.[I-]. The van der Waals surface area contributed by atoms with Gasteiger partial charge in [0.05, 0.1) is 40.7 Å². The van der Waals surface area contributed by atoms with E-state index >= 15 is 0 Å². The number of carbonyl (C=O) groups is 1. The molecule has 140 valence electrons. The van der Waals surface area contributed by atoms with Crippen LogP contribution in [0.25, 0.3) is 0 Å². The smallest absolute Gasteiger partial charge is 0.305 e. The van der Waals surface area contributed by atoms with Crippen molar-refractivity contribution in [2.24, 2.45) is 0 Å². The van der Waals surface area contributed by atoms with E-state index in [9.17, 15) is 4.79 Å². The van der Waals surface area contributed by atoms with Gasteiger partial charge in [-0.1, -0.05) is 58.3 Å². The first-order valence-corrected chi connectivity index (χ1v) is 9.40. The second kappa shape index (κ2) is 17.0. The third kappa shape index (κ3) is 18.3. The van der Waals surface area contributed by atoms with E-state index in [1.54, 1.807) is 0 Å². The molecule has 0 atom stereocenters. The number of rotatable bonds is 15. The summed E-state index contributed by atoms with van der Waals surface area (Å²) >= 11 is 0. The maximum absolute atomic E-state index is 11.1. The Labute approximate surface area is 162 Å². The van der Waals surface area contributed by atoms with Gasteiger partial charge in [-0.15, -0.1) is 0 Å². The minimum atomic E-state index is -0.0843. The van der Waals surface area contributed by atoms with E-state index in [2.05, 4.69) is 25.8 Å². The molecule has 0 spiro atoms. The minimum absolute atomic E-state index is 0. The van der Waals surface area contributed by atoms with E-state index in [0.717, 1.165) is 17.4 Å². The Morgan fingerprint density at radius 2 is 1.22 bits per heavy atom. The molecule has 0 fully saturated rings. The van der Waals surface area contributed by atoms with E-state index in [4.69, 9.17) is 0 Å². The molecule has 23 heavy (non-hydrogen) atoms. The molecule has 0 N–H and O–H groups in total. The minimum Gasteiger partial charge on any atom is -1.00 e. The lowest BCUT2D eigenvalue weighted by Gasteiger charge is -2.29. The highest BCUT2D eigenvalue weighted by molar-refractivity contribution is 5.68. The summed E-state index contributed by atoms with van der Waals surface area (Å²) in [5.74, 6) is -0.0843. The average molecular weight is 441 g/mol. The van der Waals surface area contributed by atoms with Crippen LogP contribution in [0.3, 0.4) is 0 Å². The predicted molar refractivity (Wildman–Crippen MR) is 94.9 cm³/mol. The van der Waals surface area contributed by atoms with E-state index in [1.165, 1.54) is 77.9 Å². The maximum Gasteiger partial charge on any atom is 0.305 e. The zero-order chi connectivity index (χ0) is 16.7. The third-order valence-corrected chi connectivity index (χ3v) is 4.49. The molecule has 0 aromatic carbocycles.